The topological polar surface area (TPSA) is 99.3 Å². The predicted octanol–water partition coefficient (Wildman–Crippen LogP) is 6.47. The van der Waals surface area contributed by atoms with Gasteiger partial charge in [0, 0.05) is 41.7 Å². The first-order valence-electron chi connectivity index (χ1n) is 13.0. The van der Waals surface area contributed by atoms with Gasteiger partial charge >= 0.3 is 5.97 Å². The Bertz CT molecular complexity index is 1810. The molecule has 0 saturated carbocycles. The van der Waals surface area contributed by atoms with Crippen LogP contribution >= 0.6 is 15.9 Å². The summed E-state index contributed by atoms with van der Waals surface area (Å²) in [5.74, 6) is 0.292. The van der Waals surface area contributed by atoms with Gasteiger partial charge in [0.05, 0.1) is 47.6 Å². The number of nitriles is 1. The highest BCUT2D eigenvalue weighted by atomic mass is 79.9. The van der Waals surface area contributed by atoms with Gasteiger partial charge in [-0.05, 0) is 48.0 Å². The number of methoxy groups -OCH3 is 2. The predicted molar refractivity (Wildman–Crippen MR) is 159 cm³/mol. The number of rotatable bonds is 10. The first kappa shape index (κ1) is 28.9. The van der Waals surface area contributed by atoms with Gasteiger partial charge in [-0.25, -0.2) is 19.2 Å². The molecule has 0 N–H and O–H groups in total. The van der Waals surface area contributed by atoms with Gasteiger partial charge < -0.3 is 18.8 Å². The smallest absolute Gasteiger partial charge is 0.337 e. The molecule has 0 atom stereocenters. The lowest BCUT2D eigenvalue weighted by atomic mass is 10.1. The Morgan fingerprint density at radius 1 is 1.02 bits per heavy atom. The molecule has 0 fully saturated rings. The minimum Gasteiger partial charge on any atom is -0.473 e. The number of fused-ring (bicyclic) bond motifs is 1. The van der Waals surface area contributed by atoms with Crippen molar-refractivity contribution in [2.45, 2.75) is 19.6 Å². The van der Waals surface area contributed by atoms with E-state index < -0.39 is 11.8 Å². The zero-order valence-electron chi connectivity index (χ0n) is 22.9. The largest absolute Gasteiger partial charge is 0.473 e. The highest BCUT2D eigenvalue weighted by molar-refractivity contribution is 9.10. The van der Waals surface area contributed by atoms with Crippen molar-refractivity contribution in [2.75, 3.05) is 20.8 Å². The minimum absolute atomic E-state index is 0.0121. The number of aromatic nitrogens is 3. The summed E-state index contributed by atoms with van der Waals surface area (Å²) in [6, 6.07) is 22.9. The Morgan fingerprint density at radius 2 is 1.86 bits per heavy atom. The van der Waals surface area contributed by atoms with Gasteiger partial charge in [0.25, 0.3) is 0 Å². The molecule has 0 saturated heterocycles. The number of carbonyl (C=O) groups is 1. The van der Waals surface area contributed by atoms with E-state index in [0.29, 0.717) is 42.3 Å². The van der Waals surface area contributed by atoms with Crippen LogP contribution < -0.4 is 4.74 Å². The molecule has 42 heavy (non-hydrogen) atoms. The summed E-state index contributed by atoms with van der Waals surface area (Å²) in [5.41, 5.74) is 5.25. The molecular formula is C32H26BrFN4O4. The van der Waals surface area contributed by atoms with E-state index in [2.05, 4.69) is 25.5 Å². The summed E-state index contributed by atoms with van der Waals surface area (Å²) in [7, 11) is 3.01. The lowest BCUT2D eigenvalue weighted by Gasteiger charge is -2.12. The summed E-state index contributed by atoms with van der Waals surface area (Å²) >= 11 is 3.72. The van der Waals surface area contributed by atoms with Crippen LogP contribution in [0.5, 0.6) is 5.88 Å². The third kappa shape index (κ3) is 6.33. The summed E-state index contributed by atoms with van der Waals surface area (Å²) in [4.78, 5) is 21.6. The number of ether oxygens (including phenoxy) is 3. The maximum atomic E-state index is 14.2. The van der Waals surface area contributed by atoms with Crippen molar-refractivity contribution in [3.8, 4) is 23.2 Å². The van der Waals surface area contributed by atoms with Crippen LogP contribution in [-0.4, -0.2) is 41.3 Å². The molecule has 8 nitrogen and oxygen atoms in total. The molecule has 0 aliphatic heterocycles. The molecule has 10 heteroatoms. The maximum absolute atomic E-state index is 14.2. The second-order valence-corrected chi connectivity index (χ2v) is 10.3. The molecule has 0 amide bonds. The number of hydrogen-bond donors (Lipinski definition) is 0. The van der Waals surface area contributed by atoms with E-state index in [1.165, 1.54) is 19.2 Å². The van der Waals surface area contributed by atoms with Gasteiger partial charge in [-0.3, -0.25) is 0 Å². The van der Waals surface area contributed by atoms with Crippen LogP contribution in [0.3, 0.4) is 0 Å². The molecule has 2 heterocycles. The monoisotopic (exact) mass is 628 g/mol. The molecule has 0 spiro atoms. The number of hydrogen-bond acceptors (Lipinski definition) is 7. The van der Waals surface area contributed by atoms with Crippen LogP contribution in [0.2, 0.25) is 0 Å². The van der Waals surface area contributed by atoms with Crippen molar-refractivity contribution in [3.63, 3.8) is 0 Å². The molecule has 0 unspecified atom stereocenters. The van der Waals surface area contributed by atoms with Gasteiger partial charge in [-0.15, -0.1) is 0 Å². The highest BCUT2D eigenvalue weighted by Crippen LogP contribution is 2.29. The van der Waals surface area contributed by atoms with Crippen LogP contribution in [0.15, 0.2) is 77.3 Å². The second-order valence-electron chi connectivity index (χ2n) is 9.42. The van der Waals surface area contributed by atoms with E-state index in [9.17, 15) is 9.18 Å². The Morgan fingerprint density at radius 3 is 2.60 bits per heavy atom. The summed E-state index contributed by atoms with van der Waals surface area (Å²) in [5, 5.41) is 8.93. The number of carbonyl (C=O) groups excluding carboxylic acids is 1. The number of halogens is 2. The van der Waals surface area contributed by atoms with Gasteiger partial charge in [0.15, 0.2) is 0 Å². The van der Waals surface area contributed by atoms with Crippen molar-refractivity contribution in [1.29, 1.82) is 5.26 Å². The number of esters is 1. The lowest BCUT2D eigenvalue weighted by Crippen LogP contribution is -2.09. The fraction of sp³-hybridized carbons (Fsp3) is 0.188. The summed E-state index contributed by atoms with van der Waals surface area (Å²) < 4.78 is 33.2. The number of pyridine rings is 1. The first-order valence-corrected chi connectivity index (χ1v) is 13.8. The van der Waals surface area contributed by atoms with Crippen LogP contribution in [0.4, 0.5) is 4.39 Å². The fourth-order valence-electron chi connectivity index (χ4n) is 4.55. The minimum atomic E-state index is -0.496. The van der Waals surface area contributed by atoms with Gasteiger partial charge in [0.2, 0.25) is 5.88 Å². The zero-order valence-corrected chi connectivity index (χ0v) is 24.5. The Balaban J connectivity index is 1.37. The second kappa shape index (κ2) is 12.9. The number of benzene rings is 3. The fourth-order valence-corrected chi connectivity index (χ4v) is 5.07. The Hall–Kier alpha value is -4.59. The van der Waals surface area contributed by atoms with Gasteiger partial charge in [-0.2, -0.15) is 5.26 Å². The van der Waals surface area contributed by atoms with E-state index in [1.54, 1.807) is 31.4 Å². The van der Waals surface area contributed by atoms with Gasteiger partial charge in [-0.1, -0.05) is 40.2 Å². The molecule has 2 aromatic heterocycles. The number of imidazole rings is 1. The molecule has 0 aliphatic carbocycles. The highest BCUT2D eigenvalue weighted by Gasteiger charge is 2.16. The molecule has 0 aliphatic rings. The maximum Gasteiger partial charge on any atom is 0.337 e. The molecule has 5 aromatic rings. The van der Waals surface area contributed by atoms with Crippen molar-refractivity contribution in [2.24, 2.45) is 0 Å². The molecule has 3 aromatic carbocycles. The quantitative estimate of drug-likeness (QED) is 0.163. The molecule has 0 radical (unpaired) electrons. The summed E-state index contributed by atoms with van der Waals surface area (Å²) in [6.45, 7) is 1.05. The summed E-state index contributed by atoms with van der Waals surface area (Å²) in [6.07, 6.45) is 0.541. The van der Waals surface area contributed by atoms with Crippen LogP contribution in [0.25, 0.3) is 22.3 Å². The average molecular weight is 629 g/mol. The van der Waals surface area contributed by atoms with E-state index in [-0.39, 0.29) is 12.2 Å². The normalized spacial score (nSPS) is 10.9. The van der Waals surface area contributed by atoms with E-state index in [4.69, 9.17) is 24.5 Å². The third-order valence-electron chi connectivity index (χ3n) is 6.75. The van der Waals surface area contributed by atoms with E-state index in [1.807, 2.05) is 42.5 Å². The van der Waals surface area contributed by atoms with E-state index in [0.717, 1.165) is 32.5 Å². The molecule has 0 bridgehead atoms. The van der Waals surface area contributed by atoms with Crippen molar-refractivity contribution >= 4 is 32.9 Å². The molecule has 212 valence electrons. The zero-order chi connectivity index (χ0) is 29.6. The van der Waals surface area contributed by atoms with Crippen LogP contribution in [0, 0.1) is 17.1 Å². The number of nitrogens with zero attached hydrogens (tertiary/aromatic N) is 4. The molecular weight excluding hydrogens is 603 g/mol. The lowest BCUT2D eigenvalue weighted by molar-refractivity contribution is 0.0601. The molecule has 5 rings (SSSR count). The standard InChI is InChI=1S/C32H26BrFN4O4/c1-40-13-12-38-29-16-23(32(39)41-2)10-11-28(29)36-30(38)17-21-8-9-22(15-25(21)33)27-4-3-5-31(37-27)42-19-24-7-6-20(18-35)14-26(24)34/h3-11,14-16H,12-13,17,19H2,1-2H3. The van der Waals surface area contributed by atoms with Crippen LogP contribution in [-0.2, 0) is 29.0 Å². The van der Waals surface area contributed by atoms with Crippen molar-refractivity contribution in [1.82, 2.24) is 14.5 Å². The Labute approximate surface area is 250 Å². The SMILES string of the molecule is COCCn1c(Cc2ccc(-c3cccc(OCc4ccc(C#N)cc4F)n3)cc2Br)nc2ccc(C(=O)OC)cc21. The third-order valence-corrected chi connectivity index (χ3v) is 7.48. The van der Waals surface area contributed by atoms with E-state index >= 15 is 0 Å². The van der Waals surface area contributed by atoms with Crippen molar-refractivity contribution in [3.05, 3.63) is 111 Å². The van der Waals surface area contributed by atoms with Crippen LogP contribution in [0.1, 0.15) is 32.9 Å². The van der Waals surface area contributed by atoms with Gasteiger partial charge in [0.1, 0.15) is 18.2 Å². The first-order chi connectivity index (χ1) is 20.4. The van der Waals surface area contributed by atoms with Crippen molar-refractivity contribution < 1.29 is 23.4 Å². The average Bonchev–Trinajstić information content (AvgIpc) is 3.35. The Kier molecular flexibility index (Phi) is 8.91.